The van der Waals surface area contributed by atoms with Crippen LogP contribution >= 0.6 is 11.3 Å². The lowest BCUT2D eigenvalue weighted by atomic mass is 9.97. The number of rotatable bonds is 3. The lowest BCUT2D eigenvalue weighted by Gasteiger charge is -2.34. The second-order valence-corrected chi connectivity index (χ2v) is 9.66. The van der Waals surface area contributed by atoms with Gasteiger partial charge in [0.2, 0.25) is 0 Å². The highest BCUT2D eigenvalue weighted by Gasteiger charge is 2.30. The fourth-order valence-electron chi connectivity index (χ4n) is 2.12. The summed E-state index contributed by atoms with van der Waals surface area (Å²) in [6.45, 7) is 8.27. The third-order valence-corrected chi connectivity index (χ3v) is 6.66. The van der Waals surface area contributed by atoms with Crippen LogP contribution in [0.25, 0.3) is 0 Å². The first-order valence-electron chi connectivity index (χ1n) is 7.26. The van der Waals surface area contributed by atoms with Crippen LogP contribution in [0.5, 0.6) is 0 Å². The van der Waals surface area contributed by atoms with Crippen molar-refractivity contribution in [3.05, 3.63) is 17.5 Å². The van der Waals surface area contributed by atoms with Gasteiger partial charge in [-0.3, -0.25) is 0 Å². The molecule has 0 radical (unpaired) electrons. The molecule has 0 aliphatic carbocycles. The average Bonchev–Trinajstić information content (AvgIpc) is 2.99. The van der Waals surface area contributed by atoms with Crippen LogP contribution in [0.1, 0.15) is 20.8 Å². The van der Waals surface area contributed by atoms with E-state index in [1.807, 2.05) is 0 Å². The summed E-state index contributed by atoms with van der Waals surface area (Å²) in [5.74, 6) is 0. The van der Waals surface area contributed by atoms with Crippen LogP contribution in [0.3, 0.4) is 0 Å². The monoisotopic (exact) mass is 345 g/mol. The molecule has 2 amide bonds. The number of piperazine rings is 1. The van der Waals surface area contributed by atoms with E-state index in [1.54, 1.807) is 22.4 Å². The van der Waals surface area contributed by atoms with Gasteiger partial charge in [-0.1, -0.05) is 26.8 Å². The molecule has 1 N–H and O–H groups in total. The largest absolute Gasteiger partial charge is 0.337 e. The number of thiophene rings is 1. The van der Waals surface area contributed by atoms with Crippen LogP contribution in [-0.2, 0) is 10.0 Å². The smallest absolute Gasteiger partial charge is 0.317 e. The molecular formula is C14H23N3O3S2. The van der Waals surface area contributed by atoms with Crippen LogP contribution in [-0.4, -0.2) is 56.4 Å². The van der Waals surface area contributed by atoms with Crippen molar-refractivity contribution in [3.63, 3.8) is 0 Å². The summed E-state index contributed by atoms with van der Waals surface area (Å²) in [5, 5.41) is 4.65. The maximum atomic E-state index is 12.4. The Kier molecular flexibility index (Phi) is 5.14. The van der Waals surface area contributed by atoms with E-state index in [0.29, 0.717) is 36.9 Å². The molecule has 2 rings (SSSR count). The molecule has 0 saturated carbocycles. The molecule has 1 aromatic rings. The van der Waals surface area contributed by atoms with Gasteiger partial charge in [0.15, 0.2) is 0 Å². The zero-order chi connectivity index (χ0) is 16.4. The minimum Gasteiger partial charge on any atom is -0.337 e. The quantitative estimate of drug-likeness (QED) is 0.908. The number of hydrogen-bond acceptors (Lipinski definition) is 4. The Morgan fingerprint density at radius 2 is 1.91 bits per heavy atom. The van der Waals surface area contributed by atoms with Crippen LogP contribution in [0.15, 0.2) is 21.7 Å². The van der Waals surface area contributed by atoms with Crippen LogP contribution in [0.2, 0.25) is 0 Å². The summed E-state index contributed by atoms with van der Waals surface area (Å²) < 4.78 is 26.6. The van der Waals surface area contributed by atoms with E-state index in [4.69, 9.17) is 0 Å². The number of nitrogens with one attached hydrogen (secondary N) is 1. The minimum absolute atomic E-state index is 0.0278. The summed E-state index contributed by atoms with van der Waals surface area (Å²) in [6, 6.07) is 3.22. The van der Waals surface area contributed by atoms with Crippen molar-refractivity contribution >= 4 is 27.4 Å². The summed E-state index contributed by atoms with van der Waals surface area (Å²) >= 11 is 1.22. The molecule has 1 saturated heterocycles. The van der Waals surface area contributed by atoms with Crippen molar-refractivity contribution in [1.29, 1.82) is 0 Å². The molecule has 1 aromatic heterocycles. The Balaban J connectivity index is 1.89. The molecule has 22 heavy (non-hydrogen) atoms. The molecule has 8 heteroatoms. The van der Waals surface area contributed by atoms with Crippen molar-refractivity contribution in [2.45, 2.75) is 25.0 Å². The summed E-state index contributed by atoms with van der Waals surface area (Å²) in [7, 11) is -3.41. The van der Waals surface area contributed by atoms with Crippen LogP contribution in [0, 0.1) is 5.41 Å². The molecule has 2 heterocycles. The Morgan fingerprint density at radius 1 is 1.27 bits per heavy atom. The molecule has 1 aliphatic heterocycles. The Hall–Kier alpha value is -1.12. The standard InChI is InChI=1S/C14H23N3O3S2/c1-14(2,3)11-15-13(18)16-6-8-17(9-7-16)22(19,20)12-5-4-10-21-12/h4-5,10H,6-9,11H2,1-3H3,(H,15,18). The van der Waals surface area contributed by atoms with Crippen molar-refractivity contribution < 1.29 is 13.2 Å². The number of carbonyl (C=O) groups is 1. The molecular weight excluding hydrogens is 322 g/mol. The van der Waals surface area contributed by atoms with E-state index in [9.17, 15) is 13.2 Å². The number of hydrogen-bond donors (Lipinski definition) is 1. The van der Waals surface area contributed by atoms with Gasteiger partial charge < -0.3 is 10.2 Å². The zero-order valence-corrected chi connectivity index (χ0v) is 14.8. The van der Waals surface area contributed by atoms with Gasteiger partial charge in [0.25, 0.3) is 10.0 Å². The van der Waals surface area contributed by atoms with Crippen LogP contribution in [0.4, 0.5) is 4.79 Å². The summed E-state index contributed by atoms with van der Waals surface area (Å²) in [6.07, 6.45) is 0. The van der Waals surface area contributed by atoms with Gasteiger partial charge in [0.05, 0.1) is 0 Å². The van der Waals surface area contributed by atoms with E-state index < -0.39 is 10.0 Å². The highest BCUT2D eigenvalue weighted by molar-refractivity contribution is 7.91. The first-order chi connectivity index (χ1) is 10.2. The Morgan fingerprint density at radius 3 is 2.41 bits per heavy atom. The normalized spacial score (nSPS) is 17.5. The van der Waals surface area contributed by atoms with Gasteiger partial charge in [-0.15, -0.1) is 11.3 Å². The molecule has 6 nitrogen and oxygen atoms in total. The predicted molar refractivity (Wildman–Crippen MR) is 87.5 cm³/mol. The topological polar surface area (TPSA) is 69.7 Å². The lowest BCUT2D eigenvalue weighted by Crippen LogP contribution is -2.53. The first-order valence-corrected chi connectivity index (χ1v) is 9.58. The molecule has 0 bridgehead atoms. The van der Waals surface area contributed by atoms with Gasteiger partial charge >= 0.3 is 6.03 Å². The fourth-order valence-corrected chi connectivity index (χ4v) is 4.69. The summed E-state index contributed by atoms with van der Waals surface area (Å²) in [5.41, 5.74) is 0.0278. The maximum absolute atomic E-state index is 12.4. The van der Waals surface area contributed by atoms with E-state index in [0.717, 1.165) is 0 Å². The predicted octanol–water partition coefficient (Wildman–Crippen LogP) is 1.81. The number of nitrogens with zero attached hydrogens (tertiary/aromatic N) is 2. The van der Waals surface area contributed by atoms with Gasteiger partial charge in [-0.25, -0.2) is 13.2 Å². The van der Waals surface area contributed by atoms with Gasteiger partial charge in [-0.2, -0.15) is 4.31 Å². The third kappa shape index (κ3) is 4.21. The third-order valence-electron chi connectivity index (χ3n) is 3.39. The van der Waals surface area contributed by atoms with Gasteiger partial charge in [0.1, 0.15) is 4.21 Å². The zero-order valence-electron chi connectivity index (χ0n) is 13.2. The highest BCUT2D eigenvalue weighted by atomic mass is 32.2. The highest BCUT2D eigenvalue weighted by Crippen LogP contribution is 2.22. The average molecular weight is 345 g/mol. The molecule has 1 aliphatic rings. The first kappa shape index (κ1) is 17.2. The SMILES string of the molecule is CC(C)(C)CNC(=O)N1CCN(S(=O)(=O)c2cccs2)CC1. The van der Waals surface area contributed by atoms with Crippen molar-refractivity contribution in [1.82, 2.24) is 14.5 Å². The van der Waals surface area contributed by atoms with Gasteiger partial charge in [0, 0.05) is 32.7 Å². The molecule has 0 aromatic carbocycles. The number of carbonyl (C=O) groups excluding carboxylic acids is 1. The van der Waals surface area contributed by atoms with Crippen molar-refractivity contribution in [3.8, 4) is 0 Å². The number of sulfonamides is 1. The van der Waals surface area contributed by atoms with Crippen LogP contribution < -0.4 is 5.32 Å². The fraction of sp³-hybridized carbons (Fsp3) is 0.643. The van der Waals surface area contributed by atoms with E-state index in [-0.39, 0.29) is 11.4 Å². The molecule has 0 unspecified atom stereocenters. The van der Waals surface area contributed by atoms with E-state index >= 15 is 0 Å². The second-order valence-electron chi connectivity index (χ2n) is 6.54. The lowest BCUT2D eigenvalue weighted by molar-refractivity contribution is 0.169. The molecule has 124 valence electrons. The Labute approximate surface area is 136 Å². The molecule has 1 fully saturated rings. The number of amides is 2. The van der Waals surface area contributed by atoms with Crippen molar-refractivity contribution in [2.75, 3.05) is 32.7 Å². The second kappa shape index (κ2) is 6.55. The molecule has 0 atom stereocenters. The van der Waals surface area contributed by atoms with Gasteiger partial charge in [-0.05, 0) is 16.9 Å². The summed E-state index contributed by atoms with van der Waals surface area (Å²) in [4.78, 5) is 13.8. The number of urea groups is 1. The van der Waals surface area contributed by atoms with Crippen molar-refractivity contribution in [2.24, 2.45) is 5.41 Å². The maximum Gasteiger partial charge on any atom is 0.317 e. The van der Waals surface area contributed by atoms with E-state index in [1.165, 1.54) is 15.6 Å². The van der Waals surface area contributed by atoms with E-state index in [2.05, 4.69) is 26.1 Å². The Bertz CT molecular complexity index is 598. The minimum atomic E-state index is -3.41. The molecule has 0 spiro atoms.